The Balaban J connectivity index is 1.13. The SMILES string of the molecule is C=C(CN1CCN(C2COC2)CC1)C(=O)NCc1cccc([C@@H]2c3cnn(-c4ccccc4)c3N(CC)C(=O)[C@H]2NC(=O)c2cccc(C(F)(F)F)c2)c1. The van der Waals surface area contributed by atoms with E-state index >= 15 is 0 Å². The molecule has 0 aliphatic carbocycles. The van der Waals surface area contributed by atoms with Gasteiger partial charge in [-0.05, 0) is 48.4 Å². The molecule has 2 fully saturated rings. The van der Waals surface area contributed by atoms with E-state index in [9.17, 15) is 27.6 Å². The number of aromatic nitrogens is 2. The molecule has 0 saturated carbocycles. The fourth-order valence-electron chi connectivity index (χ4n) is 7.35. The van der Waals surface area contributed by atoms with E-state index in [0.29, 0.717) is 35.1 Å². The van der Waals surface area contributed by atoms with Crippen molar-refractivity contribution in [1.82, 2.24) is 30.2 Å². The number of benzene rings is 3. The van der Waals surface area contributed by atoms with Crippen LogP contribution in [0.5, 0.6) is 0 Å². The lowest BCUT2D eigenvalue weighted by Crippen LogP contribution is -2.56. The second-order valence-corrected chi connectivity index (χ2v) is 13.8. The Labute approximate surface area is 311 Å². The van der Waals surface area contributed by atoms with Gasteiger partial charge in [-0.25, -0.2) is 4.68 Å². The van der Waals surface area contributed by atoms with Crippen molar-refractivity contribution in [2.24, 2.45) is 0 Å². The van der Waals surface area contributed by atoms with E-state index in [1.165, 1.54) is 11.0 Å². The van der Waals surface area contributed by atoms with E-state index in [1.807, 2.05) is 54.6 Å². The molecule has 282 valence electrons. The quantitative estimate of drug-likeness (QED) is 0.220. The number of anilines is 1. The van der Waals surface area contributed by atoms with Crippen LogP contribution in [0.25, 0.3) is 5.69 Å². The van der Waals surface area contributed by atoms with Crippen LogP contribution in [0, 0.1) is 0 Å². The first-order valence-electron chi connectivity index (χ1n) is 18.0. The molecule has 0 radical (unpaired) electrons. The Kier molecular flexibility index (Phi) is 10.7. The van der Waals surface area contributed by atoms with Gasteiger partial charge in [0.25, 0.3) is 11.8 Å². The molecule has 0 spiro atoms. The molecule has 3 aliphatic rings. The fourth-order valence-corrected chi connectivity index (χ4v) is 7.35. The summed E-state index contributed by atoms with van der Waals surface area (Å²) in [4.78, 5) is 47.4. The maximum Gasteiger partial charge on any atom is 0.416 e. The third-order valence-corrected chi connectivity index (χ3v) is 10.3. The first kappa shape index (κ1) is 37.0. The average molecular weight is 742 g/mol. The Morgan fingerprint density at radius 1 is 0.963 bits per heavy atom. The lowest BCUT2D eigenvalue weighted by molar-refractivity contribution is -0.137. The average Bonchev–Trinajstić information content (AvgIpc) is 3.58. The first-order valence-corrected chi connectivity index (χ1v) is 18.0. The number of hydrogen-bond acceptors (Lipinski definition) is 7. The van der Waals surface area contributed by atoms with Crippen molar-refractivity contribution >= 4 is 23.5 Å². The van der Waals surface area contributed by atoms with Crippen LogP contribution in [0.2, 0.25) is 0 Å². The van der Waals surface area contributed by atoms with Gasteiger partial charge in [-0.2, -0.15) is 18.3 Å². The highest BCUT2D eigenvalue weighted by atomic mass is 19.4. The van der Waals surface area contributed by atoms with Crippen LogP contribution in [-0.4, -0.2) is 102 Å². The Morgan fingerprint density at radius 3 is 2.39 bits per heavy atom. The largest absolute Gasteiger partial charge is 0.416 e. The Morgan fingerprint density at radius 2 is 1.70 bits per heavy atom. The molecular weight excluding hydrogens is 699 g/mol. The standard InChI is InChI=1S/C40H42F3N7O4/c1-3-49-38-33(22-45-50(38)31-13-5-4-6-14-31)34(35(39(49)53)46-37(52)29-11-8-12-30(20-29)40(41,42)43)28-10-7-9-27(19-28)21-44-36(51)26(2)23-47-15-17-48(18-16-47)32-24-54-25-32/h4-14,19-20,22,32,34-35H,2-3,15-18,21,23-25H2,1H3,(H,44,51)(H,46,52)/t34-,35+/m1/s1. The third-order valence-electron chi connectivity index (χ3n) is 10.3. The molecule has 11 nitrogen and oxygen atoms in total. The number of para-hydroxylation sites is 1. The van der Waals surface area contributed by atoms with Gasteiger partial charge >= 0.3 is 6.18 Å². The van der Waals surface area contributed by atoms with E-state index in [4.69, 9.17) is 4.74 Å². The smallest absolute Gasteiger partial charge is 0.378 e. The summed E-state index contributed by atoms with van der Waals surface area (Å²) in [7, 11) is 0. The lowest BCUT2D eigenvalue weighted by atomic mass is 9.81. The molecule has 14 heteroatoms. The molecule has 3 aromatic carbocycles. The highest BCUT2D eigenvalue weighted by Gasteiger charge is 2.44. The topological polar surface area (TPSA) is 112 Å². The second-order valence-electron chi connectivity index (χ2n) is 13.8. The minimum absolute atomic E-state index is 0.181. The molecule has 0 unspecified atom stereocenters. The number of halogens is 3. The summed E-state index contributed by atoms with van der Waals surface area (Å²) in [6, 6.07) is 20.1. The zero-order valence-electron chi connectivity index (χ0n) is 29.9. The van der Waals surface area contributed by atoms with Gasteiger partial charge < -0.3 is 15.4 Å². The normalized spacial score (nSPS) is 19.6. The van der Waals surface area contributed by atoms with Gasteiger partial charge in [-0.3, -0.25) is 29.1 Å². The minimum Gasteiger partial charge on any atom is -0.378 e. The number of rotatable bonds is 11. The van der Waals surface area contributed by atoms with Crippen molar-refractivity contribution in [3.05, 3.63) is 125 Å². The van der Waals surface area contributed by atoms with Crippen molar-refractivity contribution in [2.45, 2.75) is 37.6 Å². The number of fused-ring (bicyclic) bond motifs is 1. The van der Waals surface area contributed by atoms with Crippen molar-refractivity contribution < 1.29 is 32.3 Å². The third kappa shape index (κ3) is 7.68. The van der Waals surface area contributed by atoms with E-state index in [1.54, 1.807) is 17.8 Å². The van der Waals surface area contributed by atoms with Gasteiger partial charge in [0.1, 0.15) is 11.9 Å². The molecule has 2 saturated heterocycles. The molecule has 7 rings (SSSR count). The summed E-state index contributed by atoms with van der Waals surface area (Å²) in [5.74, 6) is -1.76. The predicted octanol–water partition coefficient (Wildman–Crippen LogP) is 4.38. The molecule has 0 bridgehead atoms. The van der Waals surface area contributed by atoms with Gasteiger partial charge in [0.05, 0.1) is 36.7 Å². The zero-order chi connectivity index (χ0) is 38.0. The number of hydrogen-bond donors (Lipinski definition) is 2. The maximum atomic E-state index is 14.4. The second kappa shape index (κ2) is 15.6. The molecule has 3 aliphatic heterocycles. The first-order chi connectivity index (χ1) is 26.0. The van der Waals surface area contributed by atoms with E-state index in [0.717, 1.165) is 68.8 Å². The number of carbonyl (C=O) groups excluding carboxylic acids is 3. The van der Waals surface area contributed by atoms with Crippen LogP contribution in [-0.2, 0) is 27.0 Å². The highest BCUT2D eigenvalue weighted by Crippen LogP contribution is 2.42. The number of likely N-dealkylation sites (N-methyl/N-ethyl adjacent to an activating group) is 1. The Hall–Kier alpha value is -5.31. The zero-order valence-corrected chi connectivity index (χ0v) is 29.9. The van der Waals surface area contributed by atoms with Gasteiger partial charge in [0, 0.05) is 68.4 Å². The molecule has 4 heterocycles. The van der Waals surface area contributed by atoms with E-state index in [-0.39, 0.29) is 24.6 Å². The molecule has 2 atom stereocenters. The summed E-state index contributed by atoms with van der Waals surface area (Å²) >= 11 is 0. The van der Waals surface area contributed by atoms with Crippen molar-refractivity contribution in [3.8, 4) is 5.69 Å². The van der Waals surface area contributed by atoms with Crippen LogP contribution in [0.3, 0.4) is 0 Å². The number of carbonyl (C=O) groups is 3. The van der Waals surface area contributed by atoms with Crippen LogP contribution >= 0.6 is 0 Å². The molecular formula is C40H42F3N7O4. The number of piperazine rings is 1. The highest BCUT2D eigenvalue weighted by molar-refractivity contribution is 6.05. The monoisotopic (exact) mass is 741 g/mol. The van der Waals surface area contributed by atoms with Gasteiger partial charge in [0.15, 0.2) is 0 Å². The lowest BCUT2D eigenvalue weighted by Gasteiger charge is -2.42. The van der Waals surface area contributed by atoms with Crippen LogP contribution in [0.15, 0.2) is 97.2 Å². The molecule has 3 amide bonds. The predicted molar refractivity (Wildman–Crippen MR) is 196 cm³/mol. The van der Waals surface area contributed by atoms with Crippen LogP contribution < -0.4 is 15.5 Å². The number of amides is 3. The summed E-state index contributed by atoms with van der Waals surface area (Å²) < 4.78 is 47.6. The summed E-state index contributed by atoms with van der Waals surface area (Å²) in [5, 5.41) is 10.4. The fraction of sp³-hybridized carbons (Fsp3) is 0.350. The van der Waals surface area contributed by atoms with Gasteiger partial charge in [-0.15, -0.1) is 0 Å². The summed E-state index contributed by atoms with van der Waals surface area (Å²) in [6.07, 6.45) is -2.99. The Bertz CT molecular complexity index is 2020. The maximum absolute atomic E-state index is 14.4. The van der Waals surface area contributed by atoms with Crippen LogP contribution in [0.1, 0.15) is 45.5 Å². The van der Waals surface area contributed by atoms with Crippen molar-refractivity contribution in [3.63, 3.8) is 0 Å². The van der Waals surface area contributed by atoms with Crippen LogP contribution in [0.4, 0.5) is 19.0 Å². The summed E-state index contributed by atoms with van der Waals surface area (Å²) in [6.45, 7) is 11.8. The number of ether oxygens (including phenoxy) is 1. The number of nitrogens with one attached hydrogen (secondary N) is 2. The van der Waals surface area contributed by atoms with Gasteiger partial charge in [0.2, 0.25) is 5.91 Å². The van der Waals surface area contributed by atoms with E-state index in [2.05, 4.69) is 32.1 Å². The minimum atomic E-state index is -4.65. The number of alkyl halides is 3. The summed E-state index contributed by atoms with van der Waals surface area (Å²) in [5.41, 5.74) is 2.03. The van der Waals surface area contributed by atoms with Gasteiger partial charge in [-0.1, -0.05) is 55.1 Å². The number of nitrogens with zero attached hydrogens (tertiary/aromatic N) is 5. The molecule has 1 aromatic heterocycles. The van der Waals surface area contributed by atoms with Crippen molar-refractivity contribution in [2.75, 3.05) is 57.4 Å². The van der Waals surface area contributed by atoms with E-state index < -0.39 is 35.5 Å². The molecule has 4 aromatic rings. The molecule has 2 N–H and O–H groups in total. The molecule has 54 heavy (non-hydrogen) atoms. The van der Waals surface area contributed by atoms with Crippen molar-refractivity contribution in [1.29, 1.82) is 0 Å².